The van der Waals surface area contributed by atoms with E-state index in [9.17, 15) is 10.2 Å². The summed E-state index contributed by atoms with van der Waals surface area (Å²) in [6.07, 6.45) is 10.8. The third kappa shape index (κ3) is 7.35. The van der Waals surface area contributed by atoms with Gasteiger partial charge in [0.15, 0.2) is 0 Å². The van der Waals surface area contributed by atoms with E-state index < -0.39 is 12.2 Å². The summed E-state index contributed by atoms with van der Waals surface area (Å²) in [4.78, 5) is 10.4. The van der Waals surface area contributed by atoms with Crippen molar-refractivity contribution in [2.75, 3.05) is 11.5 Å². The quantitative estimate of drug-likeness (QED) is 0.214. The third-order valence-corrected chi connectivity index (χ3v) is 12.4. The molecule has 2 saturated heterocycles. The van der Waals surface area contributed by atoms with Crippen LogP contribution in [0.3, 0.4) is 0 Å². The first kappa shape index (κ1) is 32.0. The van der Waals surface area contributed by atoms with Gasteiger partial charge in [-0.05, 0) is 119 Å². The van der Waals surface area contributed by atoms with Crippen LogP contribution in [0.25, 0.3) is 0 Å². The second-order valence-electron chi connectivity index (χ2n) is 12.4. The first-order chi connectivity index (χ1) is 18.3. The first-order valence-corrected chi connectivity index (χ1v) is 17.7. The number of nitrogens with zero attached hydrogens (tertiary/aromatic N) is 2. The molecule has 4 aliphatic rings. The predicted octanol–water partition coefficient (Wildman–Crippen LogP) is 7.21. The van der Waals surface area contributed by atoms with Crippen LogP contribution in [0.5, 0.6) is 0 Å². The molecule has 4 atom stereocenters. The van der Waals surface area contributed by atoms with Gasteiger partial charge >= 0.3 is 0 Å². The molecule has 0 aromatic rings. The van der Waals surface area contributed by atoms with Crippen molar-refractivity contribution in [3.8, 4) is 0 Å². The maximum atomic E-state index is 10.7. The molecule has 4 heterocycles. The zero-order chi connectivity index (χ0) is 28.5. The number of thioether (sulfide) groups is 2. The first-order valence-electron chi connectivity index (χ1n) is 14.1. The second-order valence-corrected chi connectivity index (χ2v) is 16.4. The molecule has 0 aromatic heterocycles. The monoisotopic (exact) mass is 642 g/mol. The molecular formula is C29H42N2O2S6. The molecule has 4 rings (SSSR count). The van der Waals surface area contributed by atoms with Crippen LogP contribution in [0.4, 0.5) is 0 Å². The van der Waals surface area contributed by atoms with Crippen LogP contribution in [0, 0.1) is 11.8 Å². The van der Waals surface area contributed by atoms with E-state index in [4.69, 9.17) is 48.9 Å². The van der Waals surface area contributed by atoms with Crippen LogP contribution in [0.2, 0.25) is 0 Å². The van der Waals surface area contributed by atoms with E-state index in [0.29, 0.717) is 37.5 Å². The van der Waals surface area contributed by atoms with E-state index in [1.807, 2.05) is 23.5 Å². The molecule has 0 aliphatic carbocycles. The zero-order valence-electron chi connectivity index (χ0n) is 23.5. The molecule has 0 radical (unpaired) electrons. The molecule has 4 aliphatic heterocycles. The minimum Gasteiger partial charge on any atom is -0.393 e. The third-order valence-electron chi connectivity index (χ3n) is 8.51. The fraction of sp³-hybridized carbons (Fsp3) is 0.724. The zero-order valence-corrected chi connectivity index (χ0v) is 28.4. The van der Waals surface area contributed by atoms with Gasteiger partial charge in [-0.2, -0.15) is 0 Å². The Bertz CT molecular complexity index is 986. The average molecular weight is 643 g/mol. The molecule has 10 heteroatoms. The molecular weight excluding hydrogens is 601 g/mol. The van der Waals surface area contributed by atoms with Crippen LogP contribution in [0.15, 0.2) is 22.0 Å². The van der Waals surface area contributed by atoms with Crippen LogP contribution in [-0.2, 0) is 0 Å². The van der Waals surface area contributed by atoms with E-state index in [0.717, 1.165) is 63.6 Å². The number of aliphatic hydroxyl groups excluding tert-OH is 2. The van der Waals surface area contributed by atoms with Crippen molar-refractivity contribution in [1.82, 2.24) is 9.80 Å². The van der Waals surface area contributed by atoms with Gasteiger partial charge in [0.25, 0.3) is 0 Å². The van der Waals surface area contributed by atoms with Gasteiger partial charge in [0.2, 0.25) is 0 Å². The summed E-state index contributed by atoms with van der Waals surface area (Å²) >= 11 is 26.9. The Morgan fingerprint density at radius 2 is 1.13 bits per heavy atom. The van der Waals surface area contributed by atoms with Crippen molar-refractivity contribution in [2.45, 2.75) is 109 Å². The summed E-state index contributed by atoms with van der Waals surface area (Å²) in [6.45, 7) is 8.69. The summed E-state index contributed by atoms with van der Waals surface area (Å²) in [5.41, 5.74) is -0.476. The van der Waals surface area contributed by atoms with E-state index >= 15 is 0 Å². The summed E-state index contributed by atoms with van der Waals surface area (Å²) in [5.74, 6) is 2.85. The van der Waals surface area contributed by atoms with Crippen molar-refractivity contribution in [1.29, 1.82) is 0 Å². The van der Waals surface area contributed by atoms with Crippen LogP contribution in [-0.4, -0.2) is 74.8 Å². The fourth-order valence-corrected chi connectivity index (χ4v) is 11.1. The molecule has 4 unspecified atom stereocenters. The second kappa shape index (κ2) is 13.1. The highest BCUT2D eigenvalue weighted by atomic mass is 32.2. The minimum atomic E-state index is -0.402. The molecule has 39 heavy (non-hydrogen) atoms. The highest BCUT2D eigenvalue weighted by molar-refractivity contribution is 8.03. The van der Waals surface area contributed by atoms with Gasteiger partial charge in [-0.15, -0.1) is 23.5 Å². The number of rotatable bonds is 12. The smallest absolute Gasteiger partial charge is 0.108 e. The van der Waals surface area contributed by atoms with E-state index in [1.165, 1.54) is 9.81 Å². The van der Waals surface area contributed by atoms with E-state index in [2.05, 4.69) is 49.6 Å². The maximum absolute atomic E-state index is 10.7. The Morgan fingerprint density at radius 1 is 0.744 bits per heavy atom. The molecule has 0 aromatic carbocycles. The van der Waals surface area contributed by atoms with Gasteiger partial charge in [0.1, 0.15) is 9.98 Å². The minimum absolute atomic E-state index is 0.238. The van der Waals surface area contributed by atoms with Crippen LogP contribution < -0.4 is 0 Å². The molecule has 4 nitrogen and oxygen atoms in total. The Morgan fingerprint density at radius 3 is 1.51 bits per heavy atom. The number of hydrogen-bond acceptors (Lipinski definition) is 8. The lowest BCUT2D eigenvalue weighted by Crippen LogP contribution is -2.53. The van der Waals surface area contributed by atoms with Gasteiger partial charge < -0.3 is 20.0 Å². The normalized spacial score (nSPS) is 25.5. The Hall–Kier alpha value is 0.0600. The fourth-order valence-electron chi connectivity index (χ4n) is 6.09. The summed E-state index contributed by atoms with van der Waals surface area (Å²) in [5, 5.41) is 21.5. The Labute approximate surface area is 264 Å². The summed E-state index contributed by atoms with van der Waals surface area (Å²) in [7, 11) is 0. The summed E-state index contributed by atoms with van der Waals surface area (Å²) < 4.78 is 0. The molecule has 2 fully saturated rings. The highest BCUT2D eigenvalue weighted by Crippen LogP contribution is 2.44. The topological polar surface area (TPSA) is 46.9 Å². The van der Waals surface area contributed by atoms with Gasteiger partial charge in [0, 0.05) is 22.9 Å². The van der Waals surface area contributed by atoms with Crippen molar-refractivity contribution in [2.24, 2.45) is 11.8 Å². The largest absolute Gasteiger partial charge is 0.393 e. The number of thiocarbonyl (C=S) groups is 4. The molecule has 0 bridgehead atoms. The highest BCUT2D eigenvalue weighted by Gasteiger charge is 2.42. The van der Waals surface area contributed by atoms with Crippen molar-refractivity contribution < 1.29 is 10.2 Å². The Balaban J connectivity index is 1.19. The molecule has 216 valence electrons. The standard InChI is InChI=1S/C29H42N2O2S6/c1-28(2,30-24(34)16-22-20(26(30)36)10-14-38-22)12-8-18(32)6-5-7-19(33)9-13-29(3,4)31-25(35)17-23-21(27(31)37)11-15-39-23/h16-21,32-33H,5-15H2,1-4H3. The van der Waals surface area contributed by atoms with Gasteiger partial charge in [-0.1, -0.05) is 48.9 Å². The van der Waals surface area contributed by atoms with Gasteiger partial charge in [-0.25, -0.2) is 0 Å². The van der Waals surface area contributed by atoms with Crippen molar-refractivity contribution in [3.05, 3.63) is 22.0 Å². The maximum Gasteiger partial charge on any atom is 0.108 e. The molecule has 2 N–H and O–H groups in total. The van der Waals surface area contributed by atoms with E-state index in [-0.39, 0.29) is 11.1 Å². The SMILES string of the molecule is CC(C)(CCC(O)CCCC(O)CCC(C)(C)N1C(=S)C=C2SCCC2C1=S)N1C(=S)C=C2SCCC2C1=S. The Kier molecular flexibility index (Phi) is 10.8. The van der Waals surface area contributed by atoms with Crippen LogP contribution >= 0.6 is 72.4 Å². The number of fused-ring (bicyclic) bond motifs is 2. The lowest BCUT2D eigenvalue weighted by atomic mass is 9.88. The van der Waals surface area contributed by atoms with Gasteiger partial charge in [0.05, 0.1) is 22.2 Å². The van der Waals surface area contributed by atoms with E-state index in [1.54, 1.807) is 0 Å². The average Bonchev–Trinajstić information content (AvgIpc) is 3.51. The number of aliphatic hydroxyl groups is 2. The van der Waals surface area contributed by atoms with Crippen LogP contribution in [0.1, 0.15) is 85.5 Å². The van der Waals surface area contributed by atoms with Crippen molar-refractivity contribution >= 4 is 92.3 Å². The van der Waals surface area contributed by atoms with Crippen molar-refractivity contribution in [3.63, 3.8) is 0 Å². The predicted molar refractivity (Wildman–Crippen MR) is 184 cm³/mol. The molecule has 0 amide bonds. The lowest BCUT2D eigenvalue weighted by molar-refractivity contribution is 0.106. The lowest BCUT2D eigenvalue weighted by Gasteiger charge is -2.44. The molecule has 0 spiro atoms. The summed E-state index contributed by atoms with van der Waals surface area (Å²) in [6, 6.07) is 0. The van der Waals surface area contributed by atoms with Gasteiger partial charge in [-0.3, -0.25) is 0 Å². The number of hydrogen-bond donors (Lipinski definition) is 2. The molecule has 0 saturated carbocycles.